The largest absolute Gasteiger partial charge is 0.480 e. The van der Waals surface area contributed by atoms with Gasteiger partial charge in [-0.3, -0.25) is 13.9 Å². The summed E-state index contributed by atoms with van der Waals surface area (Å²) in [7, 11) is 0.796. The maximum atomic E-state index is 11.7. The molecule has 0 aromatic heterocycles. The SMILES string of the molecule is Cc1ccccc1C(C(=O)O)N(C)Cc1ccc(S(C)=O)cc1. The molecule has 0 aliphatic carbocycles. The predicted octanol–water partition coefficient (Wildman–Crippen LogP) is 2.99. The van der Waals surface area contributed by atoms with Crippen molar-refractivity contribution in [3.8, 4) is 0 Å². The first-order chi connectivity index (χ1) is 10.9. The van der Waals surface area contributed by atoms with E-state index in [1.807, 2.05) is 60.4 Å². The molecule has 4 nitrogen and oxygen atoms in total. The molecule has 0 bridgehead atoms. The lowest BCUT2D eigenvalue weighted by Gasteiger charge is -2.26. The summed E-state index contributed by atoms with van der Waals surface area (Å²) in [5.41, 5.74) is 2.75. The molecule has 0 radical (unpaired) electrons. The van der Waals surface area contributed by atoms with Crippen LogP contribution in [0.15, 0.2) is 53.4 Å². The first-order valence-corrected chi connectivity index (χ1v) is 8.87. The molecule has 1 N–H and O–H groups in total. The number of carboxylic acid groups (broad SMARTS) is 1. The van der Waals surface area contributed by atoms with Gasteiger partial charge in [-0.25, -0.2) is 0 Å². The molecule has 2 aromatic carbocycles. The van der Waals surface area contributed by atoms with Crippen LogP contribution in [0.4, 0.5) is 0 Å². The van der Waals surface area contributed by atoms with E-state index >= 15 is 0 Å². The Bertz CT molecular complexity index is 712. The topological polar surface area (TPSA) is 57.6 Å². The number of hydrogen-bond acceptors (Lipinski definition) is 3. The molecule has 0 aliphatic heterocycles. The van der Waals surface area contributed by atoms with Crippen molar-refractivity contribution in [1.29, 1.82) is 0 Å². The molecular weight excluding hydrogens is 310 g/mol. The van der Waals surface area contributed by atoms with Gasteiger partial charge in [-0.2, -0.15) is 0 Å². The Hall–Kier alpha value is -1.98. The Kier molecular flexibility index (Phi) is 5.69. The van der Waals surface area contributed by atoms with Gasteiger partial charge in [0.1, 0.15) is 6.04 Å². The van der Waals surface area contributed by atoms with Gasteiger partial charge in [-0.1, -0.05) is 36.4 Å². The standard InChI is InChI=1S/C18H21NO3S/c1-13-6-4-5-7-16(13)17(18(20)21)19(2)12-14-8-10-15(11-9-14)23(3)22/h4-11,17H,12H2,1-3H3,(H,20,21). The fourth-order valence-corrected chi connectivity index (χ4v) is 3.14. The highest BCUT2D eigenvalue weighted by Gasteiger charge is 2.25. The molecule has 2 atom stereocenters. The Labute approximate surface area is 139 Å². The average Bonchev–Trinajstić information content (AvgIpc) is 2.49. The molecule has 2 unspecified atom stereocenters. The Morgan fingerprint density at radius 3 is 2.30 bits per heavy atom. The van der Waals surface area contributed by atoms with Gasteiger partial charge in [-0.05, 0) is 42.8 Å². The fourth-order valence-electron chi connectivity index (χ4n) is 2.62. The van der Waals surface area contributed by atoms with Crippen LogP contribution in [0.2, 0.25) is 0 Å². The number of rotatable bonds is 6. The summed E-state index contributed by atoms with van der Waals surface area (Å²) in [4.78, 5) is 14.3. The van der Waals surface area contributed by atoms with Gasteiger partial charge in [0.25, 0.3) is 0 Å². The summed E-state index contributed by atoms with van der Waals surface area (Å²) in [5.74, 6) is -0.868. The lowest BCUT2D eigenvalue weighted by molar-refractivity contribution is -0.143. The highest BCUT2D eigenvalue weighted by Crippen LogP contribution is 2.24. The highest BCUT2D eigenvalue weighted by molar-refractivity contribution is 7.84. The van der Waals surface area contributed by atoms with Crippen molar-refractivity contribution in [3.63, 3.8) is 0 Å². The molecule has 0 saturated carbocycles. The molecule has 122 valence electrons. The molecule has 0 fully saturated rings. The van der Waals surface area contributed by atoms with Crippen LogP contribution >= 0.6 is 0 Å². The number of aliphatic carboxylic acids is 1. The molecule has 0 heterocycles. The fraction of sp³-hybridized carbons (Fsp3) is 0.278. The molecule has 23 heavy (non-hydrogen) atoms. The van der Waals surface area contributed by atoms with Gasteiger partial charge in [0.2, 0.25) is 0 Å². The minimum Gasteiger partial charge on any atom is -0.480 e. The number of carboxylic acids is 1. The number of nitrogens with zero attached hydrogens (tertiary/aromatic N) is 1. The van der Waals surface area contributed by atoms with Crippen LogP contribution in [0.25, 0.3) is 0 Å². The van der Waals surface area contributed by atoms with Crippen LogP contribution in [-0.4, -0.2) is 33.5 Å². The molecule has 0 aliphatic rings. The van der Waals surface area contributed by atoms with Crippen LogP contribution in [0.3, 0.4) is 0 Å². The zero-order valence-electron chi connectivity index (χ0n) is 13.5. The van der Waals surface area contributed by atoms with Gasteiger partial charge in [0, 0.05) is 28.5 Å². The van der Waals surface area contributed by atoms with Crippen LogP contribution in [0.1, 0.15) is 22.7 Å². The van der Waals surface area contributed by atoms with Crippen molar-refractivity contribution in [2.45, 2.75) is 24.4 Å². The lowest BCUT2D eigenvalue weighted by Crippen LogP contribution is -2.31. The van der Waals surface area contributed by atoms with Crippen molar-refractivity contribution < 1.29 is 14.1 Å². The Balaban J connectivity index is 2.22. The third kappa shape index (κ3) is 4.27. The minimum absolute atomic E-state index is 0.502. The molecule has 0 amide bonds. The molecular formula is C18H21NO3S. The van der Waals surface area contributed by atoms with E-state index in [9.17, 15) is 14.1 Å². The van der Waals surface area contributed by atoms with Gasteiger partial charge in [0.05, 0.1) is 0 Å². The zero-order chi connectivity index (χ0) is 17.0. The van der Waals surface area contributed by atoms with Crippen molar-refractivity contribution in [2.75, 3.05) is 13.3 Å². The number of carbonyl (C=O) groups is 1. The maximum absolute atomic E-state index is 11.7. The van der Waals surface area contributed by atoms with E-state index in [4.69, 9.17) is 0 Å². The molecule has 2 rings (SSSR count). The second kappa shape index (κ2) is 7.53. The van der Waals surface area contributed by atoms with Crippen molar-refractivity contribution >= 4 is 16.8 Å². The van der Waals surface area contributed by atoms with Crippen molar-refractivity contribution in [1.82, 2.24) is 4.90 Å². The monoisotopic (exact) mass is 331 g/mol. The first-order valence-electron chi connectivity index (χ1n) is 7.31. The molecule has 2 aromatic rings. The van der Waals surface area contributed by atoms with Gasteiger partial charge in [0.15, 0.2) is 0 Å². The molecule has 5 heteroatoms. The number of aryl methyl sites for hydroxylation is 1. The molecule has 0 spiro atoms. The summed E-state index contributed by atoms with van der Waals surface area (Å²) in [6, 6.07) is 14.3. The summed E-state index contributed by atoms with van der Waals surface area (Å²) >= 11 is 0. The zero-order valence-corrected chi connectivity index (χ0v) is 14.3. The number of benzene rings is 2. The normalized spacial score (nSPS) is 13.7. The summed E-state index contributed by atoms with van der Waals surface area (Å²) in [6.45, 7) is 2.42. The Morgan fingerprint density at radius 1 is 1.17 bits per heavy atom. The maximum Gasteiger partial charge on any atom is 0.325 e. The third-order valence-corrected chi connectivity index (χ3v) is 4.78. The predicted molar refractivity (Wildman–Crippen MR) is 91.8 cm³/mol. The minimum atomic E-state index is -1.01. The second-order valence-electron chi connectivity index (χ2n) is 5.61. The van der Waals surface area contributed by atoms with Crippen molar-refractivity contribution in [2.24, 2.45) is 0 Å². The first kappa shape index (κ1) is 17.4. The van der Waals surface area contributed by atoms with E-state index in [0.29, 0.717) is 6.54 Å². The lowest BCUT2D eigenvalue weighted by atomic mass is 10.00. The number of likely N-dealkylation sites (N-methyl/N-ethyl adjacent to an activating group) is 1. The summed E-state index contributed by atoms with van der Waals surface area (Å²) < 4.78 is 11.4. The van der Waals surface area contributed by atoms with E-state index in [-0.39, 0.29) is 0 Å². The quantitative estimate of drug-likeness (QED) is 0.884. The average molecular weight is 331 g/mol. The number of hydrogen-bond donors (Lipinski definition) is 1. The van der Waals surface area contributed by atoms with E-state index in [0.717, 1.165) is 21.6 Å². The van der Waals surface area contributed by atoms with Crippen LogP contribution < -0.4 is 0 Å². The smallest absolute Gasteiger partial charge is 0.325 e. The summed E-state index contributed by atoms with van der Waals surface area (Å²) in [6.07, 6.45) is 1.64. The summed E-state index contributed by atoms with van der Waals surface area (Å²) in [5, 5.41) is 9.63. The van der Waals surface area contributed by atoms with E-state index in [1.54, 1.807) is 13.3 Å². The highest BCUT2D eigenvalue weighted by atomic mass is 32.2. The Morgan fingerprint density at radius 2 is 1.78 bits per heavy atom. The van der Waals surface area contributed by atoms with Crippen LogP contribution in [0.5, 0.6) is 0 Å². The van der Waals surface area contributed by atoms with Gasteiger partial charge in [-0.15, -0.1) is 0 Å². The third-order valence-electron chi connectivity index (χ3n) is 3.84. The van der Waals surface area contributed by atoms with Crippen molar-refractivity contribution in [3.05, 3.63) is 65.2 Å². The van der Waals surface area contributed by atoms with Crippen LogP contribution in [-0.2, 0) is 22.1 Å². The van der Waals surface area contributed by atoms with Crippen LogP contribution in [0, 0.1) is 6.92 Å². The van der Waals surface area contributed by atoms with E-state index < -0.39 is 22.8 Å². The van der Waals surface area contributed by atoms with E-state index in [1.165, 1.54) is 0 Å². The molecule has 0 saturated heterocycles. The van der Waals surface area contributed by atoms with E-state index in [2.05, 4.69) is 0 Å². The van der Waals surface area contributed by atoms with Gasteiger partial charge >= 0.3 is 5.97 Å². The second-order valence-corrected chi connectivity index (χ2v) is 6.99. The van der Waals surface area contributed by atoms with Gasteiger partial charge < -0.3 is 5.11 Å².